The number of benzene rings is 2. The summed E-state index contributed by atoms with van der Waals surface area (Å²) in [6.07, 6.45) is 5.54. The van der Waals surface area contributed by atoms with Crippen molar-refractivity contribution in [1.82, 2.24) is 9.88 Å². The standard InChI is InChI=1S/C35H44N4O7/c1-24(2)39(25(3)4)33(41)30-15-14-29(22-31(30)46-35(5,6)34(42)43)45-21-9-7-8-20-44-28-12-10-26(11-13-28)23-37-38-32(40)27-16-18-36-19-17-27/h10-19,22,24-25H,7-9,20-21,23H2,1-6H3,(H,42,43). The zero-order chi connectivity index (χ0) is 33.7. The number of azo groups is 1. The molecule has 2 amide bonds. The normalized spacial score (nSPS) is 11.6. The summed E-state index contributed by atoms with van der Waals surface area (Å²) in [6.45, 7) is 11.9. The Kier molecular flexibility index (Phi) is 13.2. The molecule has 0 unspecified atom stereocenters. The third-order valence-electron chi connectivity index (χ3n) is 7.00. The van der Waals surface area contributed by atoms with Gasteiger partial charge in [0.2, 0.25) is 0 Å². The van der Waals surface area contributed by atoms with E-state index in [-0.39, 0.29) is 35.8 Å². The van der Waals surface area contributed by atoms with Crippen LogP contribution in [0.5, 0.6) is 17.2 Å². The van der Waals surface area contributed by atoms with Crippen molar-refractivity contribution < 1.29 is 33.7 Å². The molecule has 0 spiro atoms. The summed E-state index contributed by atoms with van der Waals surface area (Å²) < 4.78 is 17.6. The van der Waals surface area contributed by atoms with Gasteiger partial charge in [-0.05, 0) is 103 Å². The van der Waals surface area contributed by atoms with Crippen molar-refractivity contribution in [1.29, 1.82) is 0 Å². The fourth-order valence-corrected chi connectivity index (χ4v) is 4.56. The SMILES string of the molecule is CC(C)N(C(=O)c1ccc(OCCCCCOc2ccc(CN=NC(=O)c3ccncc3)cc2)cc1OC(C)(C)C(=O)O)C(C)C. The number of unbranched alkanes of at least 4 members (excludes halogenated alkanes) is 2. The third-order valence-corrected chi connectivity index (χ3v) is 7.00. The van der Waals surface area contributed by atoms with Crippen LogP contribution in [0.4, 0.5) is 0 Å². The molecule has 0 saturated heterocycles. The molecule has 0 aliphatic carbocycles. The first kappa shape index (κ1) is 35.7. The van der Waals surface area contributed by atoms with Gasteiger partial charge >= 0.3 is 5.97 Å². The number of carboxylic acids is 1. The van der Waals surface area contributed by atoms with Gasteiger partial charge in [0.15, 0.2) is 5.60 Å². The van der Waals surface area contributed by atoms with Crippen LogP contribution >= 0.6 is 0 Å². The number of pyridine rings is 1. The lowest BCUT2D eigenvalue weighted by Gasteiger charge is -2.32. The molecule has 0 aliphatic rings. The molecule has 11 nitrogen and oxygen atoms in total. The molecule has 1 aromatic heterocycles. The first-order chi connectivity index (χ1) is 21.9. The maximum atomic E-state index is 13.4. The van der Waals surface area contributed by atoms with Gasteiger partial charge in [0.1, 0.15) is 17.2 Å². The number of carboxylic acid groups (broad SMARTS) is 1. The molecule has 0 saturated carbocycles. The largest absolute Gasteiger partial charge is 0.494 e. The number of hydrogen-bond donors (Lipinski definition) is 1. The zero-order valence-electron chi connectivity index (χ0n) is 27.4. The summed E-state index contributed by atoms with van der Waals surface area (Å²) in [7, 11) is 0. The van der Waals surface area contributed by atoms with Crippen LogP contribution in [0, 0.1) is 0 Å². The average Bonchev–Trinajstić information content (AvgIpc) is 3.01. The molecule has 2 aromatic carbocycles. The van der Waals surface area contributed by atoms with Crippen LogP contribution in [0.2, 0.25) is 0 Å². The van der Waals surface area contributed by atoms with Crippen molar-refractivity contribution in [3.63, 3.8) is 0 Å². The van der Waals surface area contributed by atoms with Gasteiger partial charge in [0.05, 0.1) is 25.3 Å². The molecule has 1 heterocycles. The van der Waals surface area contributed by atoms with E-state index in [1.165, 1.54) is 26.2 Å². The highest BCUT2D eigenvalue weighted by atomic mass is 16.5. The number of amides is 2. The number of carbonyl (C=O) groups excluding carboxylic acids is 2. The van der Waals surface area contributed by atoms with E-state index in [4.69, 9.17) is 14.2 Å². The molecule has 1 N–H and O–H groups in total. The molecule has 0 atom stereocenters. The number of nitrogens with zero attached hydrogens (tertiary/aromatic N) is 4. The molecular formula is C35H44N4O7. The van der Waals surface area contributed by atoms with Gasteiger partial charge in [-0.15, -0.1) is 5.11 Å². The molecule has 3 rings (SSSR count). The van der Waals surface area contributed by atoms with Crippen LogP contribution in [-0.2, 0) is 11.3 Å². The van der Waals surface area contributed by atoms with Crippen molar-refractivity contribution in [2.45, 2.75) is 85.0 Å². The minimum Gasteiger partial charge on any atom is -0.494 e. The van der Waals surface area contributed by atoms with E-state index < -0.39 is 17.5 Å². The van der Waals surface area contributed by atoms with Crippen molar-refractivity contribution in [2.24, 2.45) is 10.2 Å². The van der Waals surface area contributed by atoms with Crippen LogP contribution in [0.3, 0.4) is 0 Å². The Morgan fingerprint density at radius 2 is 1.43 bits per heavy atom. The zero-order valence-corrected chi connectivity index (χ0v) is 27.4. The topological polar surface area (TPSA) is 140 Å². The minimum atomic E-state index is -1.54. The maximum absolute atomic E-state index is 13.4. The number of hydrogen-bond acceptors (Lipinski definition) is 8. The number of ether oxygens (including phenoxy) is 3. The first-order valence-electron chi connectivity index (χ1n) is 15.4. The van der Waals surface area contributed by atoms with Gasteiger partial charge in [-0.3, -0.25) is 14.6 Å². The van der Waals surface area contributed by atoms with Gasteiger partial charge in [0.25, 0.3) is 11.8 Å². The van der Waals surface area contributed by atoms with Gasteiger partial charge < -0.3 is 24.2 Å². The van der Waals surface area contributed by atoms with E-state index in [2.05, 4.69) is 15.2 Å². The van der Waals surface area contributed by atoms with Gasteiger partial charge in [0, 0.05) is 36.1 Å². The van der Waals surface area contributed by atoms with E-state index in [0.29, 0.717) is 24.5 Å². The Morgan fingerprint density at radius 3 is 2.02 bits per heavy atom. The predicted molar refractivity (Wildman–Crippen MR) is 174 cm³/mol. The Morgan fingerprint density at radius 1 is 0.848 bits per heavy atom. The summed E-state index contributed by atoms with van der Waals surface area (Å²) >= 11 is 0. The van der Waals surface area contributed by atoms with Crippen LogP contribution in [0.1, 0.15) is 87.1 Å². The van der Waals surface area contributed by atoms with Crippen molar-refractivity contribution >= 4 is 17.8 Å². The highest BCUT2D eigenvalue weighted by Crippen LogP contribution is 2.31. The molecule has 46 heavy (non-hydrogen) atoms. The van der Waals surface area contributed by atoms with Crippen LogP contribution in [-0.4, -0.2) is 63.7 Å². The minimum absolute atomic E-state index is 0.0498. The summed E-state index contributed by atoms with van der Waals surface area (Å²) in [5.74, 6) is -0.382. The highest BCUT2D eigenvalue weighted by Gasteiger charge is 2.33. The van der Waals surface area contributed by atoms with E-state index >= 15 is 0 Å². The average molecular weight is 633 g/mol. The van der Waals surface area contributed by atoms with Crippen molar-refractivity contribution in [3.05, 3.63) is 83.7 Å². The summed E-state index contributed by atoms with van der Waals surface area (Å²) in [5.41, 5.74) is 0.0955. The third kappa shape index (κ3) is 10.7. The molecule has 0 radical (unpaired) electrons. The monoisotopic (exact) mass is 632 g/mol. The molecule has 11 heteroatoms. The van der Waals surface area contributed by atoms with E-state index in [0.717, 1.165) is 30.6 Å². The molecule has 0 aliphatic heterocycles. The Balaban J connectivity index is 1.45. The molecule has 0 fully saturated rings. The van der Waals surface area contributed by atoms with Gasteiger partial charge in [-0.2, -0.15) is 5.11 Å². The number of aromatic nitrogens is 1. The van der Waals surface area contributed by atoms with Crippen LogP contribution in [0.15, 0.2) is 77.2 Å². The van der Waals surface area contributed by atoms with E-state index in [9.17, 15) is 19.5 Å². The van der Waals surface area contributed by atoms with Crippen molar-refractivity contribution in [3.8, 4) is 17.2 Å². The summed E-state index contributed by atoms with van der Waals surface area (Å²) in [5, 5.41) is 17.3. The van der Waals surface area contributed by atoms with E-state index in [1.54, 1.807) is 35.2 Å². The Hall–Kier alpha value is -4.80. The molecule has 0 bridgehead atoms. The number of carbonyl (C=O) groups is 3. The first-order valence-corrected chi connectivity index (χ1v) is 15.4. The van der Waals surface area contributed by atoms with Gasteiger partial charge in [-0.1, -0.05) is 12.1 Å². The lowest BCUT2D eigenvalue weighted by atomic mass is 10.1. The molecule has 3 aromatic rings. The fraction of sp³-hybridized carbons (Fsp3) is 0.429. The van der Waals surface area contributed by atoms with Gasteiger partial charge in [-0.25, -0.2) is 4.79 Å². The number of aliphatic carboxylic acids is 1. The second-order valence-electron chi connectivity index (χ2n) is 11.8. The molecule has 246 valence electrons. The number of rotatable bonds is 17. The predicted octanol–water partition coefficient (Wildman–Crippen LogP) is 7.00. The summed E-state index contributed by atoms with van der Waals surface area (Å²) in [6, 6.07) is 15.5. The second kappa shape index (κ2) is 17.0. The lowest BCUT2D eigenvalue weighted by molar-refractivity contribution is -0.152. The smallest absolute Gasteiger partial charge is 0.347 e. The Bertz CT molecular complexity index is 1460. The second-order valence-corrected chi connectivity index (χ2v) is 11.8. The lowest BCUT2D eigenvalue weighted by Crippen LogP contribution is -2.43. The summed E-state index contributed by atoms with van der Waals surface area (Å²) in [4.78, 5) is 42.8. The molecular weight excluding hydrogens is 588 g/mol. The van der Waals surface area contributed by atoms with Crippen LogP contribution < -0.4 is 14.2 Å². The fourth-order valence-electron chi connectivity index (χ4n) is 4.56. The maximum Gasteiger partial charge on any atom is 0.347 e. The highest BCUT2D eigenvalue weighted by molar-refractivity contribution is 5.97. The quantitative estimate of drug-likeness (QED) is 0.124. The Labute approximate surface area is 270 Å². The van der Waals surface area contributed by atoms with Crippen molar-refractivity contribution in [2.75, 3.05) is 13.2 Å². The van der Waals surface area contributed by atoms with E-state index in [1.807, 2.05) is 52.0 Å². The van der Waals surface area contributed by atoms with Crippen LogP contribution in [0.25, 0.3) is 0 Å².